The highest BCUT2D eigenvalue weighted by Gasteiger charge is 2.29. The van der Waals surface area contributed by atoms with Crippen molar-refractivity contribution in [3.63, 3.8) is 0 Å². The van der Waals surface area contributed by atoms with E-state index in [0.29, 0.717) is 29.0 Å². The molecule has 0 fully saturated rings. The molecule has 0 atom stereocenters. The van der Waals surface area contributed by atoms with Crippen LogP contribution in [0.5, 0.6) is 5.75 Å². The summed E-state index contributed by atoms with van der Waals surface area (Å²) in [6.07, 6.45) is 0. The van der Waals surface area contributed by atoms with E-state index >= 15 is 0 Å². The average Bonchev–Trinajstić information content (AvgIpc) is 2.93. The third-order valence-electron chi connectivity index (χ3n) is 3.13. The van der Waals surface area contributed by atoms with Crippen molar-refractivity contribution >= 4 is 17.7 Å². The summed E-state index contributed by atoms with van der Waals surface area (Å²) in [5.74, 6) is 0.987. The zero-order chi connectivity index (χ0) is 16.4. The van der Waals surface area contributed by atoms with Crippen molar-refractivity contribution in [1.29, 1.82) is 0 Å². The summed E-state index contributed by atoms with van der Waals surface area (Å²) in [4.78, 5) is 12.2. The SMILES string of the molecule is C=C(C)CN1C(=O)CSc2nnc(COc3ccc(F)cc3)n21. The zero-order valence-corrected chi connectivity index (χ0v) is 13.3. The minimum absolute atomic E-state index is 0.0340. The first kappa shape index (κ1) is 15.5. The van der Waals surface area contributed by atoms with E-state index in [1.807, 2.05) is 6.92 Å². The van der Waals surface area contributed by atoms with Gasteiger partial charge in [-0.15, -0.1) is 10.2 Å². The number of ether oxygens (including phenoxy) is 1. The Kier molecular flexibility index (Phi) is 4.33. The number of hydrogen-bond acceptors (Lipinski definition) is 5. The molecule has 1 aliphatic rings. The fourth-order valence-corrected chi connectivity index (χ4v) is 2.95. The lowest BCUT2D eigenvalue weighted by Crippen LogP contribution is -2.46. The maximum atomic E-state index is 12.9. The van der Waals surface area contributed by atoms with Gasteiger partial charge >= 0.3 is 0 Å². The second-order valence-corrected chi connectivity index (χ2v) is 6.09. The van der Waals surface area contributed by atoms with Crippen molar-refractivity contribution < 1.29 is 13.9 Å². The smallest absolute Gasteiger partial charge is 0.252 e. The molecule has 1 aromatic carbocycles. The van der Waals surface area contributed by atoms with Gasteiger partial charge in [0.25, 0.3) is 5.91 Å². The quantitative estimate of drug-likeness (QED) is 0.784. The molecule has 1 aromatic heterocycles. The van der Waals surface area contributed by atoms with Gasteiger partial charge in [0.15, 0.2) is 5.82 Å². The van der Waals surface area contributed by atoms with Crippen molar-refractivity contribution in [3.05, 3.63) is 48.1 Å². The van der Waals surface area contributed by atoms with Gasteiger partial charge in [-0.05, 0) is 31.2 Å². The minimum atomic E-state index is -0.327. The van der Waals surface area contributed by atoms with Gasteiger partial charge in [0.1, 0.15) is 18.2 Å². The van der Waals surface area contributed by atoms with Crippen molar-refractivity contribution in [2.24, 2.45) is 0 Å². The van der Waals surface area contributed by atoms with E-state index in [1.165, 1.54) is 36.0 Å². The lowest BCUT2D eigenvalue weighted by atomic mass is 10.3. The summed E-state index contributed by atoms with van der Waals surface area (Å²) in [7, 11) is 0. The number of benzene rings is 1. The molecule has 1 aliphatic heterocycles. The lowest BCUT2D eigenvalue weighted by Gasteiger charge is -2.29. The molecule has 0 saturated carbocycles. The third-order valence-corrected chi connectivity index (χ3v) is 4.04. The first-order chi connectivity index (χ1) is 11.0. The third kappa shape index (κ3) is 3.37. The lowest BCUT2D eigenvalue weighted by molar-refractivity contribution is -0.118. The van der Waals surface area contributed by atoms with Gasteiger partial charge in [0.05, 0.1) is 12.3 Å². The molecule has 0 bridgehead atoms. The van der Waals surface area contributed by atoms with Crippen LogP contribution < -0.4 is 9.75 Å². The molecule has 2 aromatic rings. The molecule has 23 heavy (non-hydrogen) atoms. The van der Waals surface area contributed by atoms with E-state index in [4.69, 9.17) is 4.74 Å². The van der Waals surface area contributed by atoms with Gasteiger partial charge in [-0.1, -0.05) is 23.9 Å². The maximum absolute atomic E-state index is 12.9. The molecule has 0 N–H and O–H groups in total. The monoisotopic (exact) mass is 334 g/mol. The fourth-order valence-electron chi connectivity index (χ4n) is 2.12. The number of rotatable bonds is 5. The van der Waals surface area contributed by atoms with E-state index in [9.17, 15) is 9.18 Å². The van der Waals surface area contributed by atoms with E-state index in [1.54, 1.807) is 9.69 Å². The van der Waals surface area contributed by atoms with Gasteiger partial charge in [0.2, 0.25) is 5.16 Å². The van der Waals surface area contributed by atoms with Crippen LogP contribution >= 0.6 is 11.8 Å². The van der Waals surface area contributed by atoms with Crippen LogP contribution in [0.2, 0.25) is 0 Å². The topological polar surface area (TPSA) is 60.3 Å². The number of halogens is 1. The molecule has 2 heterocycles. The van der Waals surface area contributed by atoms with E-state index < -0.39 is 0 Å². The molecule has 1 amide bonds. The van der Waals surface area contributed by atoms with Crippen LogP contribution in [0.25, 0.3) is 0 Å². The predicted molar refractivity (Wildman–Crippen MR) is 84.4 cm³/mol. The predicted octanol–water partition coefficient (Wildman–Crippen LogP) is 2.14. The highest BCUT2D eigenvalue weighted by molar-refractivity contribution is 7.99. The van der Waals surface area contributed by atoms with Gasteiger partial charge in [0, 0.05) is 0 Å². The summed E-state index contributed by atoms with van der Waals surface area (Å²) >= 11 is 1.34. The van der Waals surface area contributed by atoms with Gasteiger partial charge in [-0.25, -0.2) is 14.1 Å². The Morgan fingerprint density at radius 2 is 2.13 bits per heavy atom. The number of fused-ring (bicyclic) bond motifs is 1. The molecule has 120 valence electrons. The second-order valence-electron chi connectivity index (χ2n) is 5.15. The van der Waals surface area contributed by atoms with E-state index in [0.717, 1.165) is 5.57 Å². The summed E-state index contributed by atoms with van der Waals surface area (Å²) < 4.78 is 20.2. The molecule has 0 aliphatic carbocycles. The standard InChI is InChI=1S/C15H15FN4O2S/c1-10(2)7-19-14(21)9-23-15-18-17-13(20(15)19)8-22-12-5-3-11(16)4-6-12/h3-6H,1,7-9H2,2H3. The number of carbonyl (C=O) groups is 1. The summed E-state index contributed by atoms with van der Waals surface area (Å²) in [6.45, 7) is 6.23. The van der Waals surface area contributed by atoms with Crippen LogP contribution in [0.15, 0.2) is 41.6 Å². The number of nitrogens with zero attached hydrogens (tertiary/aromatic N) is 4. The molecule has 0 unspecified atom stereocenters. The maximum Gasteiger partial charge on any atom is 0.252 e. The van der Waals surface area contributed by atoms with Crippen molar-refractivity contribution in [3.8, 4) is 5.75 Å². The highest BCUT2D eigenvalue weighted by atomic mass is 32.2. The second kappa shape index (κ2) is 6.41. The van der Waals surface area contributed by atoms with Crippen LogP contribution in [-0.2, 0) is 11.4 Å². The Labute approximate surface area is 136 Å². The van der Waals surface area contributed by atoms with E-state index in [-0.39, 0.29) is 18.3 Å². The van der Waals surface area contributed by atoms with Gasteiger partial charge in [-0.2, -0.15) is 0 Å². The van der Waals surface area contributed by atoms with Gasteiger partial charge < -0.3 is 4.74 Å². The van der Waals surface area contributed by atoms with Crippen molar-refractivity contribution in [2.45, 2.75) is 18.7 Å². The average molecular weight is 334 g/mol. The molecular weight excluding hydrogens is 319 g/mol. The number of hydrogen-bond donors (Lipinski definition) is 0. The molecule has 0 spiro atoms. The van der Waals surface area contributed by atoms with Crippen LogP contribution in [0.1, 0.15) is 12.7 Å². The number of amides is 1. The largest absolute Gasteiger partial charge is 0.486 e. The highest BCUT2D eigenvalue weighted by Crippen LogP contribution is 2.24. The van der Waals surface area contributed by atoms with Crippen LogP contribution in [0, 0.1) is 5.82 Å². The van der Waals surface area contributed by atoms with E-state index in [2.05, 4.69) is 16.8 Å². The Bertz CT molecular complexity index is 744. The Morgan fingerprint density at radius 3 is 2.83 bits per heavy atom. The molecule has 6 nitrogen and oxygen atoms in total. The summed E-state index contributed by atoms with van der Waals surface area (Å²) in [6, 6.07) is 5.71. The Hall–Kier alpha value is -2.35. The van der Waals surface area contributed by atoms with Crippen molar-refractivity contribution in [1.82, 2.24) is 14.9 Å². The number of aromatic nitrogens is 3. The molecule has 8 heteroatoms. The molecule has 0 saturated heterocycles. The van der Waals surface area contributed by atoms with Crippen LogP contribution in [0.4, 0.5) is 4.39 Å². The normalized spacial score (nSPS) is 13.8. The summed E-state index contributed by atoms with van der Waals surface area (Å²) in [5, 5.41) is 10.4. The first-order valence-electron chi connectivity index (χ1n) is 6.95. The molecule has 3 rings (SSSR count). The van der Waals surface area contributed by atoms with Crippen LogP contribution in [0.3, 0.4) is 0 Å². The molecular formula is C15H15FN4O2S. The Balaban J connectivity index is 1.81. The Morgan fingerprint density at radius 1 is 1.39 bits per heavy atom. The first-order valence-corrected chi connectivity index (χ1v) is 7.93. The minimum Gasteiger partial charge on any atom is -0.486 e. The van der Waals surface area contributed by atoms with Crippen LogP contribution in [-0.4, -0.2) is 33.1 Å². The number of thioether (sulfide) groups is 1. The number of carbonyl (C=O) groups excluding carboxylic acids is 1. The summed E-state index contributed by atoms with van der Waals surface area (Å²) in [5.41, 5.74) is 0.857. The van der Waals surface area contributed by atoms with Crippen molar-refractivity contribution in [2.75, 3.05) is 17.3 Å². The zero-order valence-electron chi connectivity index (χ0n) is 12.5. The fraction of sp³-hybridized carbons (Fsp3) is 0.267. The van der Waals surface area contributed by atoms with Gasteiger partial charge in [-0.3, -0.25) is 4.79 Å². The molecule has 0 radical (unpaired) electrons.